The minimum atomic E-state index is -2.00. The first-order valence-electron chi connectivity index (χ1n) is 8.45. The van der Waals surface area contributed by atoms with Gasteiger partial charge in [-0.05, 0) is 50.1 Å². The lowest BCUT2D eigenvalue weighted by molar-refractivity contribution is -0.121. The van der Waals surface area contributed by atoms with Crippen LogP contribution in [0.15, 0.2) is 0 Å². The maximum Gasteiger partial charge on any atom is 0.337 e. The quantitative estimate of drug-likeness (QED) is 0.559. The van der Waals surface area contributed by atoms with Gasteiger partial charge in [-0.15, -0.1) is 0 Å². The Kier molecular flexibility index (Phi) is 8.65. The Morgan fingerprint density at radius 3 is 2.05 bits per heavy atom. The van der Waals surface area contributed by atoms with Gasteiger partial charge in [0.15, 0.2) is 0 Å². The maximum atomic E-state index is 11.3. The van der Waals surface area contributed by atoms with Crippen LogP contribution < -0.4 is 0 Å². The third-order valence-electron chi connectivity index (χ3n) is 4.27. The van der Waals surface area contributed by atoms with Gasteiger partial charge < -0.3 is 8.85 Å². The maximum absolute atomic E-state index is 11.3. The molecule has 0 aliphatic heterocycles. The molecule has 0 aromatic rings. The number of carbonyl (C=O) groups excluding carboxylic acids is 1. The van der Waals surface area contributed by atoms with Gasteiger partial charge >= 0.3 is 8.56 Å². The van der Waals surface area contributed by atoms with E-state index in [-0.39, 0.29) is 0 Å². The molecule has 0 saturated heterocycles. The molecule has 118 valence electrons. The SMILES string of the molecule is CCCO[Si](CC)(CCC1CCC(=O)CC1)OCCC. The van der Waals surface area contributed by atoms with Gasteiger partial charge in [0, 0.05) is 26.1 Å². The predicted molar refractivity (Wildman–Crippen MR) is 85.1 cm³/mol. The lowest BCUT2D eigenvalue weighted by Crippen LogP contribution is -2.42. The minimum Gasteiger partial charge on any atom is -0.394 e. The molecule has 1 fully saturated rings. The molecule has 0 radical (unpaired) electrons. The molecule has 1 saturated carbocycles. The molecule has 0 aromatic heterocycles. The molecule has 0 amide bonds. The van der Waals surface area contributed by atoms with Crippen LogP contribution in [0.25, 0.3) is 0 Å². The number of hydrogen-bond donors (Lipinski definition) is 0. The molecular formula is C16H32O3Si. The summed E-state index contributed by atoms with van der Waals surface area (Å²) < 4.78 is 12.4. The highest BCUT2D eigenvalue weighted by atomic mass is 28.4. The fourth-order valence-electron chi connectivity index (χ4n) is 2.86. The fourth-order valence-corrected chi connectivity index (χ4v) is 5.99. The Balaban J connectivity index is 2.47. The Labute approximate surface area is 125 Å². The third kappa shape index (κ3) is 6.06. The molecule has 0 unspecified atom stereocenters. The van der Waals surface area contributed by atoms with Crippen LogP contribution >= 0.6 is 0 Å². The van der Waals surface area contributed by atoms with E-state index in [1.807, 2.05) is 0 Å². The number of carbonyl (C=O) groups is 1. The normalized spacial score (nSPS) is 17.6. The zero-order valence-corrected chi connectivity index (χ0v) is 14.6. The first kappa shape index (κ1) is 17.9. The molecule has 0 spiro atoms. The summed E-state index contributed by atoms with van der Waals surface area (Å²) >= 11 is 0. The summed E-state index contributed by atoms with van der Waals surface area (Å²) in [6.07, 6.45) is 7.03. The van der Waals surface area contributed by atoms with E-state index in [9.17, 15) is 4.79 Å². The monoisotopic (exact) mass is 300 g/mol. The second-order valence-electron chi connectivity index (χ2n) is 5.98. The summed E-state index contributed by atoms with van der Waals surface area (Å²) in [6.45, 7) is 8.17. The molecular weight excluding hydrogens is 268 g/mol. The number of rotatable bonds is 10. The third-order valence-corrected chi connectivity index (χ3v) is 7.86. The van der Waals surface area contributed by atoms with Crippen LogP contribution in [0.2, 0.25) is 12.1 Å². The van der Waals surface area contributed by atoms with E-state index in [4.69, 9.17) is 8.85 Å². The summed E-state index contributed by atoms with van der Waals surface area (Å²) in [5, 5.41) is 0. The zero-order valence-electron chi connectivity index (χ0n) is 13.6. The van der Waals surface area contributed by atoms with Crippen molar-refractivity contribution in [3.8, 4) is 0 Å². The summed E-state index contributed by atoms with van der Waals surface area (Å²) in [7, 11) is -2.00. The summed E-state index contributed by atoms with van der Waals surface area (Å²) in [5.74, 6) is 1.16. The second-order valence-corrected chi connectivity index (χ2v) is 9.59. The van der Waals surface area contributed by atoms with Crippen molar-refractivity contribution in [1.82, 2.24) is 0 Å². The molecule has 3 nitrogen and oxygen atoms in total. The van der Waals surface area contributed by atoms with Crippen LogP contribution in [0.1, 0.15) is 65.7 Å². The van der Waals surface area contributed by atoms with Crippen molar-refractivity contribution in [3.05, 3.63) is 0 Å². The minimum absolute atomic E-state index is 0.449. The summed E-state index contributed by atoms with van der Waals surface area (Å²) in [5.41, 5.74) is 0. The van der Waals surface area contributed by atoms with E-state index in [1.54, 1.807) is 0 Å². The Hall–Kier alpha value is -0.193. The van der Waals surface area contributed by atoms with Crippen LogP contribution in [-0.2, 0) is 13.6 Å². The molecule has 1 aliphatic carbocycles. The number of hydrogen-bond acceptors (Lipinski definition) is 3. The van der Waals surface area contributed by atoms with E-state index < -0.39 is 8.56 Å². The van der Waals surface area contributed by atoms with Crippen molar-refractivity contribution >= 4 is 14.3 Å². The molecule has 0 aromatic carbocycles. The molecule has 1 rings (SSSR count). The largest absolute Gasteiger partial charge is 0.394 e. The second kappa shape index (κ2) is 9.69. The molecule has 20 heavy (non-hydrogen) atoms. The smallest absolute Gasteiger partial charge is 0.337 e. The van der Waals surface area contributed by atoms with Crippen LogP contribution in [-0.4, -0.2) is 27.6 Å². The van der Waals surface area contributed by atoms with E-state index >= 15 is 0 Å². The highest BCUT2D eigenvalue weighted by Crippen LogP contribution is 2.30. The van der Waals surface area contributed by atoms with Gasteiger partial charge in [-0.25, -0.2) is 0 Å². The topological polar surface area (TPSA) is 35.5 Å². The van der Waals surface area contributed by atoms with Crippen LogP contribution in [0.4, 0.5) is 0 Å². The van der Waals surface area contributed by atoms with E-state index in [0.29, 0.717) is 11.7 Å². The van der Waals surface area contributed by atoms with Gasteiger partial charge in [0.2, 0.25) is 0 Å². The Bertz CT molecular complexity index is 263. The molecule has 0 atom stereocenters. The predicted octanol–water partition coefficient (Wildman–Crippen LogP) is 4.45. The van der Waals surface area contributed by atoms with E-state index in [0.717, 1.165) is 63.8 Å². The van der Waals surface area contributed by atoms with Gasteiger partial charge in [0.05, 0.1) is 0 Å². The zero-order chi connectivity index (χ0) is 14.8. The van der Waals surface area contributed by atoms with Crippen LogP contribution in [0.3, 0.4) is 0 Å². The highest BCUT2D eigenvalue weighted by Gasteiger charge is 2.36. The lowest BCUT2D eigenvalue weighted by Gasteiger charge is -2.32. The van der Waals surface area contributed by atoms with Gasteiger partial charge in [0.1, 0.15) is 5.78 Å². The molecule has 0 N–H and O–H groups in total. The van der Waals surface area contributed by atoms with Crippen LogP contribution in [0.5, 0.6) is 0 Å². The van der Waals surface area contributed by atoms with Gasteiger partial charge in [-0.1, -0.05) is 20.8 Å². The summed E-state index contributed by atoms with van der Waals surface area (Å²) in [4.78, 5) is 11.3. The highest BCUT2D eigenvalue weighted by molar-refractivity contribution is 6.67. The average molecular weight is 301 g/mol. The fraction of sp³-hybridized carbons (Fsp3) is 0.938. The average Bonchev–Trinajstić information content (AvgIpc) is 2.49. The van der Waals surface area contributed by atoms with E-state index in [2.05, 4.69) is 20.8 Å². The number of ketones is 1. The standard InChI is InChI=1S/C16H32O3Si/c1-4-12-18-20(6-3,19-13-5-2)14-11-15-7-9-16(17)10-8-15/h15H,4-14H2,1-3H3. The van der Waals surface area contributed by atoms with E-state index in [1.165, 1.54) is 6.42 Å². The first-order valence-corrected chi connectivity index (χ1v) is 10.7. The first-order chi connectivity index (χ1) is 9.65. The molecule has 1 aliphatic rings. The summed E-state index contributed by atoms with van der Waals surface area (Å²) in [6, 6.07) is 2.14. The van der Waals surface area contributed by atoms with Gasteiger partial charge in [-0.2, -0.15) is 0 Å². The Morgan fingerprint density at radius 1 is 1.05 bits per heavy atom. The molecule has 0 bridgehead atoms. The van der Waals surface area contributed by atoms with Gasteiger partial charge in [-0.3, -0.25) is 4.79 Å². The Morgan fingerprint density at radius 2 is 1.60 bits per heavy atom. The molecule has 0 heterocycles. The lowest BCUT2D eigenvalue weighted by atomic mass is 9.87. The van der Waals surface area contributed by atoms with Crippen molar-refractivity contribution in [2.24, 2.45) is 5.92 Å². The van der Waals surface area contributed by atoms with Crippen molar-refractivity contribution in [3.63, 3.8) is 0 Å². The van der Waals surface area contributed by atoms with Crippen LogP contribution in [0, 0.1) is 5.92 Å². The molecule has 4 heteroatoms. The van der Waals surface area contributed by atoms with Crippen molar-refractivity contribution in [2.75, 3.05) is 13.2 Å². The number of Topliss-reactive ketones (excluding diaryl/α,β-unsaturated/α-hetero) is 1. The van der Waals surface area contributed by atoms with Crippen molar-refractivity contribution in [2.45, 2.75) is 77.8 Å². The van der Waals surface area contributed by atoms with Crippen molar-refractivity contribution in [1.29, 1.82) is 0 Å². The van der Waals surface area contributed by atoms with Crippen molar-refractivity contribution < 1.29 is 13.6 Å². The van der Waals surface area contributed by atoms with Gasteiger partial charge in [0.25, 0.3) is 0 Å².